The number of aromatic nitrogens is 1. The molecule has 0 unspecified atom stereocenters. The Bertz CT molecular complexity index is 800. The van der Waals surface area contributed by atoms with Crippen LogP contribution in [0.4, 0.5) is 9.18 Å². The van der Waals surface area contributed by atoms with E-state index in [-0.39, 0.29) is 22.9 Å². The number of fused-ring (bicyclic) bond motifs is 1. The van der Waals surface area contributed by atoms with Gasteiger partial charge in [-0.3, -0.25) is 0 Å². The van der Waals surface area contributed by atoms with Crippen molar-refractivity contribution in [1.29, 1.82) is 0 Å². The van der Waals surface area contributed by atoms with Crippen LogP contribution in [0, 0.1) is 5.82 Å². The molecule has 2 aromatic rings. The SMILES string of the molecule is CC(C)(C)OC(=O)N1CCCCC1.COC(=O)c1cc2c(Cl)ccc(F)c2[nH]1. The van der Waals surface area contributed by atoms with Gasteiger partial charge in [-0.2, -0.15) is 0 Å². The number of hydrogen-bond acceptors (Lipinski definition) is 4. The molecule has 6 nitrogen and oxygen atoms in total. The second kappa shape index (κ2) is 9.28. The third-order valence-electron chi connectivity index (χ3n) is 4.10. The minimum Gasteiger partial charge on any atom is -0.464 e. The smallest absolute Gasteiger partial charge is 0.410 e. The molecule has 1 aromatic carbocycles. The Morgan fingerprint density at radius 2 is 1.82 bits per heavy atom. The summed E-state index contributed by atoms with van der Waals surface area (Å²) in [7, 11) is 1.26. The molecule has 1 N–H and O–H groups in total. The van der Waals surface area contributed by atoms with Gasteiger partial charge < -0.3 is 19.4 Å². The molecule has 0 radical (unpaired) electrons. The van der Waals surface area contributed by atoms with E-state index in [1.807, 2.05) is 20.8 Å². The van der Waals surface area contributed by atoms with Crippen LogP contribution >= 0.6 is 11.6 Å². The standard InChI is InChI=1S/C10H7ClFNO2.C10H19NO2/c1-15-10(14)8-4-5-6(11)2-3-7(12)9(5)13-8;1-10(2,3)13-9(12)11-7-5-4-6-8-11/h2-4,13H,1H3;4-8H2,1-3H3. The maximum Gasteiger partial charge on any atom is 0.410 e. The van der Waals surface area contributed by atoms with Crippen molar-refractivity contribution in [2.75, 3.05) is 20.2 Å². The van der Waals surface area contributed by atoms with Crippen LogP contribution in [0.15, 0.2) is 18.2 Å². The zero-order valence-electron chi connectivity index (χ0n) is 16.6. The van der Waals surface area contributed by atoms with Crippen LogP contribution < -0.4 is 0 Å². The van der Waals surface area contributed by atoms with E-state index in [0.717, 1.165) is 25.9 Å². The Hall–Kier alpha value is -2.28. The molecule has 0 aliphatic carbocycles. The molecular weight excluding hydrogens is 387 g/mol. The lowest BCUT2D eigenvalue weighted by molar-refractivity contribution is 0.0215. The van der Waals surface area contributed by atoms with Gasteiger partial charge in [0.2, 0.25) is 0 Å². The third-order valence-corrected chi connectivity index (χ3v) is 4.43. The first kappa shape index (κ1) is 22.0. The number of H-pyrrole nitrogens is 1. The average Bonchev–Trinajstić information content (AvgIpc) is 3.11. The first-order valence-electron chi connectivity index (χ1n) is 9.15. The van der Waals surface area contributed by atoms with Gasteiger partial charge >= 0.3 is 12.1 Å². The monoisotopic (exact) mass is 412 g/mol. The van der Waals surface area contributed by atoms with Crippen LogP contribution in [0.3, 0.4) is 0 Å². The van der Waals surface area contributed by atoms with E-state index in [9.17, 15) is 14.0 Å². The van der Waals surface area contributed by atoms with Gasteiger partial charge in [0, 0.05) is 18.5 Å². The number of carbonyl (C=O) groups is 2. The van der Waals surface area contributed by atoms with Gasteiger partial charge in [-0.15, -0.1) is 0 Å². The van der Waals surface area contributed by atoms with E-state index in [2.05, 4.69) is 9.72 Å². The molecule has 0 saturated carbocycles. The number of carbonyl (C=O) groups excluding carboxylic acids is 2. The highest BCUT2D eigenvalue weighted by Gasteiger charge is 2.23. The van der Waals surface area contributed by atoms with E-state index in [1.165, 1.54) is 31.7 Å². The van der Waals surface area contributed by atoms with Gasteiger partial charge in [-0.25, -0.2) is 14.0 Å². The minimum absolute atomic E-state index is 0.160. The summed E-state index contributed by atoms with van der Waals surface area (Å²) in [6, 6.07) is 4.14. The molecule has 8 heteroatoms. The lowest BCUT2D eigenvalue weighted by atomic mass is 10.1. The van der Waals surface area contributed by atoms with Gasteiger partial charge in [0.05, 0.1) is 17.6 Å². The highest BCUT2D eigenvalue weighted by molar-refractivity contribution is 6.35. The van der Waals surface area contributed by atoms with Crippen LogP contribution in [-0.4, -0.2) is 47.7 Å². The maximum atomic E-state index is 13.3. The number of amides is 1. The topological polar surface area (TPSA) is 71.6 Å². The summed E-state index contributed by atoms with van der Waals surface area (Å²) in [6.45, 7) is 7.41. The van der Waals surface area contributed by atoms with E-state index in [0.29, 0.717) is 10.4 Å². The summed E-state index contributed by atoms with van der Waals surface area (Å²) >= 11 is 5.85. The first-order valence-corrected chi connectivity index (χ1v) is 9.53. The minimum atomic E-state index is -0.554. The number of rotatable bonds is 1. The fraction of sp³-hybridized carbons (Fsp3) is 0.500. The zero-order chi connectivity index (χ0) is 20.9. The van der Waals surface area contributed by atoms with E-state index < -0.39 is 11.8 Å². The molecule has 0 atom stereocenters. The lowest BCUT2D eigenvalue weighted by Crippen LogP contribution is -2.39. The lowest BCUT2D eigenvalue weighted by Gasteiger charge is -2.29. The summed E-state index contributed by atoms with van der Waals surface area (Å²) in [5, 5.41) is 0.856. The number of nitrogens with zero attached hydrogens (tertiary/aromatic N) is 1. The van der Waals surface area contributed by atoms with E-state index in [4.69, 9.17) is 16.3 Å². The van der Waals surface area contributed by atoms with Gasteiger partial charge in [-0.05, 0) is 58.2 Å². The fourth-order valence-electron chi connectivity index (χ4n) is 2.77. The van der Waals surface area contributed by atoms with Crippen molar-refractivity contribution in [2.45, 2.75) is 45.6 Å². The van der Waals surface area contributed by atoms with Crippen LogP contribution in [0.25, 0.3) is 10.9 Å². The van der Waals surface area contributed by atoms with Crippen LogP contribution in [0.1, 0.15) is 50.5 Å². The number of ether oxygens (including phenoxy) is 2. The summed E-state index contributed by atoms with van der Waals surface area (Å²) < 4.78 is 23.1. The maximum absolute atomic E-state index is 13.3. The Kier molecular flexibility index (Phi) is 7.29. The largest absolute Gasteiger partial charge is 0.464 e. The van der Waals surface area contributed by atoms with Crippen molar-refractivity contribution in [3.63, 3.8) is 0 Å². The Morgan fingerprint density at radius 3 is 2.36 bits per heavy atom. The Labute approximate surface area is 168 Å². The number of esters is 1. The van der Waals surface area contributed by atoms with Gasteiger partial charge in [0.25, 0.3) is 0 Å². The van der Waals surface area contributed by atoms with Crippen LogP contribution in [-0.2, 0) is 9.47 Å². The molecule has 1 aliphatic rings. The van der Waals surface area contributed by atoms with Crippen molar-refractivity contribution in [3.05, 3.63) is 34.7 Å². The summed E-state index contributed by atoms with van der Waals surface area (Å²) in [4.78, 5) is 27.1. The normalized spacial score (nSPS) is 14.3. The number of methoxy groups -OCH3 is 1. The molecule has 1 fully saturated rings. The van der Waals surface area contributed by atoms with Crippen LogP contribution in [0.5, 0.6) is 0 Å². The predicted molar refractivity (Wildman–Crippen MR) is 106 cm³/mol. The number of piperidine rings is 1. The number of halogens is 2. The quantitative estimate of drug-likeness (QED) is 0.657. The average molecular weight is 413 g/mol. The number of likely N-dealkylation sites (tertiary alicyclic amines) is 1. The summed E-state index contributed by atoms with van der Waals surface area (Å²) in [5.74, 6) is -1.01. The fourth-order valence-corrected chi connectivity index (χ4v) is 2.99. The zero-order valence-corrected chi connectivity index (χ0v) is 17.4. The molecule has 0 bridgehead atoms. The molecule has 2 heterocycles. The van der Waals surface area contributed by atoms with Crippen LogP contribution in [0.2, 0.25) is 5.02 Å². The molecular formula is C20H26ClFN2O4. The van der Waals surface area contributed by atoms with E-state index >= 15 is 0 Å². The number of hydrogen-bond donors (Lipinski definition) is 1. The highest BCUT2D eigenvalue weighted by Crippen LogP contribution is 2.26. The summed E-state index contributed by atoms with van der Waals surface area (Å²) in [6.07, 6.45) is 3.30. The number of aromatic amines is 1. The molecule has 28 heavy (non-hydrogen) atoms. The molecule has 154 valence electrons. The Balaban J connectivity index is 0.000000203. The molecule has 1 saturated heterocycles. The van der Waals surface area contributed by atoms with Crippen molar-refractivity contribution in [1.82, 2.24) is 9.88 Å². The predicted octanol–water partition coefficient (Wildman–Crippen LogP) is 5.15. The van der Waals surface area contributed by atoms with Crippen molar-refractivity contribution < 1.29 is 23.5 Å². The summed E-state index contributed by atoms with van der Waals surface area (Å²) in [5.41, 5.74) is 0.0246. The van der Waals surface area contributed by atoms with Crippen molar-refractivity contribution in [3.8, 4) is 0 Å². The molecule has 3 rings (SSSR count). The molecule has 1 aromatic heterocycles. The first-order chi connectivity index (χ1) is 13.1. The molecule has 0 spiro atoms. The highest BCUT2D eigenvalue weighted by atomic mass is 35.5. The van der Waals surface area contributed by atoms with Gasteiger partial charge in [-0.1, -0.05) is 11.6 Å². The van der Waals surface area contributed by atoms with Gasteiger partial charge in [0.15, 0.2) is 0 Å². The molecule has 1 amide bonds. The number of nitrogens with one attached hydrogen (secondary N) is 1. The third kappa shape index (κ3) is 5.86. The van der Waals surface area contributed by atoms with E-state index in [1.54, 1.807) is 4.90 Å². The van der Waals surface area contributed by atoms with Crippen molar-refractivity contribution in [2.24, 2.45) is 0 Å². The second-order valence-electron chi connectivity index (χ2n) is 7.52. The number of benzene rings is 1. The molecule has 1 aliphatic heterocycles. The Morgan fingerprint density at radius 1 is 1.18 bits per heavy atom. The van der Waals surface area contributed by atoms with Gasteiger partial charge in [0.1, 0.15) is 17.1 Å². The van der Waals surface area contributed by atoms with Crippen molar-refractivity contribution >= 4 is 34.6 Å². The second-order valence-corrected chi connectivity index (χ2v) is 7.93.